The van der Waals surface area contributed by atoms with Gasteiger partial charge in [0.1, 0.15) is 5.75 Å². The van der Waals surface area contributed by atoms with E-state index in [1.54, 1.807) is 30.3 Å². The number of phenols is 1. The monoisotopic (exact) mass is 386 g/mol. The van der Waals surface area contributed by atoms with Crippen LogP contribution in [0.4, 0.5) is 0 Å². The largest absolute Gasteiger partial charge is 0.507 e. The smallest absolute Gasteiger partial charge is 0.259 e. The average Bonchev–Trinajstić information content (AvgIpc) is 2.64. The zero-order chi connectivity index (χ0) is 19.7. The van der Waals surface area contributed by atoms with E-state index in [1.807, 2.05) is 13.8 Å². The van der Waals surface area contributed by atoms with Gasteiger partial charge in [-0.05, 0) is 54.8 Å². The van der Waals surface area contributed by atoms with Gasteiger partial charge < -0.3 is 19.6 Å². The van der Waals surface area contributed by atoms with Crippen molar-refractivity contribution in [2.45, 2.75) is 13.8 Å². The van der Waals surface area contributed by atoms with Crippen LogP contribution in [0.2, 0.25) is 0 Å². The van der Waals surface area contributed by atoms with E-state index in [2.05, 4.69) is 9.97 Å². The molecule has 7 heteroatoms. The number of aromatic amines is 1. The van der Waals surface area contributed by atoms with Gasteiger partial charge in [-0.3, -0.25) is 4.79 Å². The van der Waals surface area contributed by atoms with Crippen molar-refractivity contribution in [3.05, 3.63) is 57.1 Å². The number of rotatable bonds is 4. The highest BCUT2D eigenvalue weighted by Crippen LogP contribution is 2.31. The Kier molecular flexibility index (Phi) is 5.10. The number of ether oxygens (including phenoxy) is 2. The minimum Gasteiger partial charge on any atom is -0.507 e. The predicted octanol–water partition coefficient (Wildman–Crippen LogP) is 4.00. The topological polar surface area (TPSA) is 84.4 Å². The molecule has 140 valence electrons. The molecule has 0 amide bonds. The maximum atomic E-state index is 12.5. The maximum Gasteiger partial charge on any atom is 0.259 e. The quantitative estimate of drug-likeness (QED) is 0.708. The summed E-state index contributed by atoms with van der Waals surface area (Å²) in [5, 5.41) is 10.5. The fourth-order valence-corrected chi connectivity index (χ4v) is 3.08. The van der Waals surface area contributed by atoms with Crippen molar-refractivity contribution >= 4 is 33.6 Å². The lowest BCUT2D eigenvalue weighted by molar-refractivity contribution is 0.355. The summed E-state index contributed by atoms with van der Waals surface area (Å²) in [7, 11) is 3.01. The van der Waals surface area contributed by atoms with Gasteiger partial charge in [-0.25, -0.2) is 4.98 Å². The minimum absolute atomic E-state index is 0.241. The zero-order valence-corrected chi connectivity index (χ0v) is 16.1. The Balaban J connectivity index is 2.12. The fraction of sp³-hybridized carbons (Fsp3) is 0.200. The lowest BCUT2D eigenvalue weighted by Gasteiger charge is -2.09. The van der Waals surface area contributed by atoms with E-state index in [0.29, 0.717) is 22.4 Å². The Morgan fingerprint density at radius 2 is 1.70 bits per heavy atom. The third-order valence-corrected chi connectivity index (χ3v) is 4.53. The summed E-state index contributed by atoms with van der Waals surface area (Å²) in [4.78, 5) is 19.6. The second-order valence-electron chi connectivity index (χ2n) is 6.13. The molecule has 0 fully saturated rings. The SMILES string of the molecule is COc1cc2nc(/C(Cl)=C/c3cc(C)c(O)c(C)c3)[nH]c(=O)c2cc1OC. The Bertz CT molecular complexity index is 1100. The van der Waals surface area contributed by atoms with Crippen LogP contribution in [0.1, 0.15) is 22.5 Å². The second kappa shape index (κ2) is 7.32. The van der Waals surface area contributed by atoms with Crippen molar-refractivity contribution in [1.29, 1.82) is 0 Å². The number of halogens is 1. The molecule has 3 aromatic rings. The number of aryl methyl sites for hydroxylation is 2. The van der Waals surface area contributed by atoms with Gasteiger partial charge in [-0.15, -0.1) is 0 Å². The molecule has 0 aliphatic heterocycles. The molecule has 0 bridgehead atoms. The van der Waals surface area contributed by atoms with E-state index >= 15 is 0 Å². The first-order valence-electron chi connectivity index (χ1n) is 8.18. The third-order valence-electron chi connectivity index (χ3n) is 4.24. The molecule has 1 heterocycles. The van der Waals surface area contributed by atoms with Gasteiger partial charge in [-0.2, -0.15) is 0 Å². The molecule has 2 N–H and O–H groups in total. The molecule has 0 radical (unpaired) electrons. The molecule has 1 aromatic heterocycles. The lowest BCUT2D eigenvalue weighted by Crippen LogP contribution is -2.11. The molecule has 6 nitrogen and oxygen atoms in total. The van der Waals surface area contributed by atoms with Crippen molar-refractivity contribution in [2.24, 2.45) is 0 Å². The number of H-pyrrole nitrogens is 1. The summed E-state index contributed by atoms with van der Waals surface area (Å²) in [6.45, 7) is 3.62. The molecule has 0 unspecified atom stereocenters. The van der Waals surface area contributed by atoms with E-state index in [1.165, 1.54) is 14.2 Å². The van der Waals surface area contributed by atoms with Gasteiger partial charge >= 0.3 is 0 Å². The van der Waals surface area contributed by atoms with Crippen molar-refractivity contribution in [1.82, 2.24) is 9.97 Å². The molecular weight excluding hydrogens is 368 g/mol. The number of phenolic OH excluding ortho intramolecular Hbond substituents is 1. The number of aromatic hydroxyl groups is 1. The lowest BCUT2D eigenvalue weighted by atomic mass is 10.1. The summed E-state index contributed by atoms with van der Waals surface area (Å²) in [6.07, 6.45) is 1.69. The normalized spacial score (nSPS) is 11.7. The van der Waals surface area contributed by atoms with Crippen LogP contribution in [-0.2, 0) is 0 Å². The Labute approximate surface area is 161 Å². The van der Waals surface area contributed by atoms with Crippen LogP contribution in [0, 0.1) is 13.8 Å². The zero-order valence-electron chi connectivity index (χ0n) is 15.4. The molecule has 0 spiro atoms. The van der Waals surface area contributed by atoms with E-state index in [4.69, 9.17) is 21.1 Å². The van der Waals surface area contributed by atoms with E-state index in [0.717, 1.165) is 16.7 Å². The van der Waals surface area contributed by atoms with Crippen LogP contribution in [0.3, 0.4) is 0 Å². The highest BCUT2D eigenvalue weighted by molar-refractivity contribution is 6.50. The van der Waals surface area contributed by atoms with Crippen molar-refractivity contribution in [2.75, 3.05) is 14.2 Å². The number of benzene rings is 2. The molecule has 0 atom stereocenters. The highest BCUT2D eigenvalue weighted by atomic mass is 35.5. The van der Waals surface area contributed by atoms with E-state index < -0.39 is 0 Å². The van der Waals surface area contributed by atoms with Gasteiger partial charge in [0.25, 0.3) is 5.56 Å². The number of fused-ring (bicyclic) bond motifs is 1. The number of methoxy groups -OCH3 is 2. The van der Waals surface area contributed by atoms with Gasteiger partial charge in [0.05, 0.1) is 30.2 Å². The standard InChI is InChI=1S/C20H19ClN2O4/c1-10-5-12(6-11(2)18(10)24)7-14(21)19-22-15-9-17(27-4)16(26-3)8-13(15)20(25)23-19/h5-9,24H,1-4H3,(H,22,23,25)/b14-7-. The summed E-state index contributed by atoms with van der Waals surface area (Å²) in [6, 6.07) is 6.82. The molecule has 0 saturated heterocycles. The van der Waals surface area contributed by atoms with Crippen molar-refractivity contribution < 1.29 is 14.6 Å². The van der Waals surface area contributed by atoms with Crippen LogP contribution < -0.4 is 15.0 Å². The molecule has 0 aliphatic carbocycles. The molecule has 0 aliphatic rings. The van der Waals surface area contributed by atoms with Crippen LogP contribution in [0.25, 0.3) is 22.0 Å². The first kappa shape index (κ1) is 18.8. The average molecular weight is 387 g/mol. The first-order chi connectivity index (χ1) is 12.8. The van der Waals surface area contributed by atoms with Gasteiger partial charge in [0.15, 0.2) is 17.3 Å². The summed E-state index contributed by atoms with van der Waals surface area (Å²) >= 11 is 6.40. The Morgan fingerprint density at radius 1 is 1.11 bits per heavy atom. The summed E-state index contributed by atoms with van der Waals surface area (Å²) in [5.41, 5.74) is 2.38. The van der Waals surface area contributed by atoms with Crippen LogP contribution in [-0.4, -0.2) is 29.3 Å². The van der Waals surface area contributed by atoms with Crippen molar-refractivity contribution in [3.8, 4) is 17.2 Å². The molecule has 27 heavy (non-hydrogen) atoms. The summed E-state index contributed by atoms with van der Waals surface area (Å²) in [5.74, 6) is 1.41. The fourth-order valence-electron chi connectivity index (χ4n) is 2.87. The van der Waals surface area contributed by atoms with Crippen LogP contribution in [0.5, 0.6) is 17.2 Å². The minimum atomic E-state index is -0.333. The predicted molar refractivity (Wildman–Crippen MR) is 107 cm³/mol. The number of nitrogens with one attached hydrogen (secondary N) is 1. The van der Waals surface area contributed by atoms with Gasteiger partial charge in [0, 0.05) is 6.07 Å². The molecule has 2 aromatic carbocycles. The van der Waals surface area contributed by atoms with Gasteiger partial charge in [0.2, 0.25) is 0 Å². The van der Waals surface area contributed by atoms with E-state index in [9.17, 15) is 9.90 Å². The number of aromatic nitrogens is 2. The number of nitrogens with zero attached hydrogens (tertiary/aromatic N) is 1. The number of hydrogen-bond donors (Lipinski definition) is 2. The van der Waals surface area contributed by atoms with E-state index in [-0.39, 0.29) is 22.2 Å². The summed E-state index contributed by atoms with van der Waals surface area (Å²) < 4.78 is 10.5. The Morgan fingerprint density at radius 3 is 2.30 bits per heavy atom. The Hall–Kier alpha value is -2.99. The highest BCUT2D eigenvalue weighted by Gasteiger charge is 2.12. The second-order valence-corrected chi connectivity index (χ2v) is 6.54. The molecule has 3 rings (SSSR count). The molecule has 0 saturated carbocycles. The molecular formula is C20H19ClN2O4. The van der Waals surface area contributed by atoms with Gasteiger partial charge in [-0.1, -0.05) is 11.6 Å². The first-order valence-corrected chi connectivity index (χ1v) is 8.55. The van der Waals surface area contributed by atoms with Crippen LogP contribution in [0.15, 0.2) is 29.1 Å². The third kappa shape index (κ3) is 3.61. The van der Waals surface area contributed by atoms with Crippen molar-refractivity contribution in [3.63, 3.8) is 0 Å². The maximum absolute atomic E-state index is 12.5. The van der Waals surface area contributed by atoms with Crippen LogP contribution >= 0.6 is 11.6 Å². The number of hydrogen-bond acceptors (Lipinski definition) is 5.